The van der Waals surface area contributed by atoms with E-state index in [0.29, 0.717) is 12.6 Å². The number of aromatic hydroxyl groups is 1. The molecule has 1 saturated carbocycles. The van der Waals surface area contributed by atoms with Gasteiger partial charge in [-0.3, -0.25) is 9.78 Å². The number of nitrogens with zero attached hydrogens (tertiary/aromatic N) is 4. The molecular formula is C26H22N4O2. The maximum absolute atomic E-state index is 12.3. The number of para-hydroxylation sites is 2. The van der Waals surface area contributed by atoms with Crippen LogP contribution in [0.25, 0.3) is 21.9 Å². The molecule has 158 valence electrons. The first-order valence-electron chi connectivity index (χ1n) is 10.9. The zero-order chi connectivity index (χ0) is 21.7. The second-order valence-corrected chi connectivity index (χ2v) is 8.38. The molecule has 0 amide bonds. The molecule has 1 unspecified atom stereocenters. The number of anilines is 2. The van der Waals surface area contributed by atoms with E-state index >= 15 is 0 Å². The summed E-state index contributed by atoms with van der Waals surface area (Å²) >= 11 is 0. The summed E-state index contributed by atoms with van der Waals surface area (Å²) in [6, 6.07) is 20.2. The van der Waals surface area contributed by atoms with Crippen molar-refractivity contribution >= 4 is 28.4 Å². The van der Waals surface area contributed by atoms with E-state index in [1.807, 2.05) is 42.6 Å². The smallest absolute Gasteiger partial charge is 0.210 e. The number of hydrogen-bond donors (Lipinski definition) is 1. The van der Waals surface area contributed by atoms with Crippen LogP contribution in [0.15, 0.2) is 73.1 Å². The van der Waals surface area contributed by atoms with E-state index in [9.17, 15) is 9.90 Å². The van der Waals surface area contributed by atoms with E-state index in [2.05, 4.69) is 33.0 Å². The molecule has 32 heavy (non-hydrogen) atoms. The van der Waals surface area contributed by atoms with Crippen LogP contribution >= 0.6 is 0 Å². The lowest BCUT2D eigenvalue weighted by atomic mass is 9.98. The molecule has 6 heteroatoms. The molecule has 0 radical (unpaired) electrons. The summed E-state index contributed by atoms with van der Waals surface area (Å²) in [6.07, 6.45) is 6.49. The van der Waals surface area contributed by atoms with Crippen LogP contribution in [0, 0.1) is 0 Å². The first-order valence-corrected chi connectivity index (χ1v) is 10.9. The van der Waals surface area contributed by atoms with Gasteiger partial charge in [0.2, 0.25) is 5.88 Å². The minimum absolute atomic E-state index is 0.0157. The predicted octanol–water partition coefficient (Wildman–Crippen LogP) is 4.52. The number of carbonyl (C=O) groups is 1. The van der Waals surface area contributed by atoms with Crippen molar-refractivity contribution in [3.8, 4) is 17.0 Å². The maximum Gasteiger partial charge on any atom is 0.210 e. The third kappa shape index (κ3) is 2.99. The highest BCUT2D eigenvalue weighted by Gasteiger charge is 2.43. The van der Waals surface area contributed by atoms with Crippen molar-refractivity contribution in [1.82, 2.24) is 9.97 Å². The average Bonchev–Trinajstić information content (AvgIpc) is 3.62. The van der Waals surface area contributed by atoms with Gasteiger partial charge in [-0.05, 0) is 36.4 Å². The Bertz CT molecular complexity index is 1320. The summed E-state index contributed by atoms with van der Waals surface area (Å²) in [7, 11) is 0. The van der Waals surface area contributed by atoms with Crippen molar-refractivity contribution in [2.75, 3.05) is 9.80 Å². The van der Waals surface area contributed by atoms with E-state index < -0.39 is 0 Å². The molecule has 3 heterocycles. The van der Waals surface area contributed by atoms with Crippen molar-refractivity contribution < 1.29 is 9.90 Å². The van der Waals surface area contributed by atoms with Crippen LogP contribution < -0.4 is 9.80 Å². The minimum Gasteiger partial charge on any atom is -0.493 e. The van der Waals surface area contributed by atoms with Crippen LogP contribution in [0.3, 0.4) is 0 Å². The van der Waals surface area contributed by atoms with E-state index in [-0.39, 0.29) is 12.0 Å². The largest absolute Gasteiger partial charge is 0.493 e. The van der Waals surface area contributed by atoms with E-state index in [1.165, 1.54) is 0 Å². The second-order valence-electron chi connectivity index (χ2n) is 8.38. The molecule has 6 nitrogen and oxygen atoms in total. The Balaban J connectivity index is 1.50. The second kappa shape index (κ2) is 7.34. The lowest BCUT2D eigenvalue weighted by molar-refractivity contribution is -0.108. The molecular weight excluding hydrogens is 400 g/mol. The summed E-state index contributed by atoms with van der Waals surface area (Å²) in [4.78, 5) is 25.6. The predicted molar refractivity (Wildman–Crippen MR) is 125 cm³/mol. The van der Waals surface area contributed by atoms with Crippen molar-refractivity contribution in [1.29, 1.82) is 0 Å². The molecule has 0 saturated heterocycles. The summed E-state index contributed by atoms with van der Waals surface area (Å²) < 4.78 is 0. The monoisotopic (exact) mass is 422 g/mol. The molecule has 0 spiro atoms. The van der Waals surface area contributed by atoms with Gasteiger partial charge in [0.25, 0.3) is 0 Å². The average molecular weight is 422 g/mol. The number of pyridine rings is 2. The summed E-state index contributed by atoms with van der Waals surface area (Å²) in [6.45, 7) is 0.491. The summed E-state index contributed by atoms with van der Waals surface area (Å²) in [5.41, 5.74) is 4.90. The SMILES string of the molecule is O=CC1N(Cc2ncc3ccccc3c2-c2ccc(O)nc2)c2ccccc2N1C1CC1. The molecule has 1 aliphatic heterocycles. The third-order valence-electron chi connectivity index (χ3n) is 6.37. The van der Waals surface area contributed by atoms with Gasteiger partial charge in [0.05, 0.1) is 23.6 Å². The number of fused-ring (bicyclic) bond motifs is 2. The Morgan fingerprint density at radius 3 is 2.47 bits per heavy atom. The zero-order valence-electron chi connectivity index (χ0n) is 17.4. The van der Waals surface area contributed by atoms with E-state index in [1.54, 1.807) is 12.3 Å². The van der Waals surface area contributed by atoms with E-state index in [0.717, 1.165) is 58.1 Å². The van der Waals surface area contributed by atoms with Gasteiger partial charge in [0.1, 0.15) is 0 Å². The number of aldehydes is 1. The molecule has 4 aromatic rings. The zero-order valence-corrected chi connectivity index (χ0v) is 17.4. The lowest BCUT2D eigenvalue weighted by Crippen LogP contribution is -2.45. The van der Waals surface area contributed by atoms with E-state index in [4.69, 9.17) is 4.98 Å². The lowest BCUT2D eigenvalue weighted by Gasteiger charge is -2.29. The Morgan fingerprint density at radius 1 is 0.938 bits per heavy atom. The van der Waals surface area contributed by atoms with Gasteiger partial charge in [-0.2, -0.15) is 0 Å². The minimum atomic E-state index is -0.348. The van der Waals surface area contributed by atoms with Crippen LogP contribution in [0.2, 0.25) is 0 Å². The standard InChI is InChI=1S/C26H22N4O2/c31-16-25-29(22-7-3-4-8-23(22)30(25)19-10-11-19)15-21-26(18-9-12-24(32)28-14-18)20-6-2-1-5-17(20)13-27-21/h1-9,12-14,16,19,25H,10-11,15H2,(H,28,32). The molecule has 1 aliphatic carbocycles. The molecule has 1 atom stereocenters. The Hall–Kier alpha value is -3.93. The normalized spacial score (nSPS) is 17.6. The number of hydrogen-bond acceptors (Lipinski definition) is 6. The number of benzene rings is 2. The quantitative estimate of drug-likeness (QED) is 0.477. The Labute approximate surface area is 185 Å². The molecule has 2 aromatic heterocycles. The fourth-order valence-corrected chi connectivity index (χ4v) is 4.79. The fraction of sp³-hybridized carbons (Fsp3) is 0.192. The van der Waals surface area contributed by atoms with Crippen LogP contribution in [-0.2, 0) is 11.3 Å². The first kappa shape index (κ1) is 18.8. The molecule has 1 fully saturated rings. The first-order chi connectivity index (χ1) is 15.7. The molecule has 6 rings (SSSR count). The molecule has 0 bridgehead atoms. The van der Waals surface area contributed by atoms with Gasteiger partial charge in [-0.1, -0.05) is 36.4 Å². The highest BCUT2D eigenvalue weighted by Crippen LogP contribution is 2.46. The molecule has 2 aromatic carbocycles. The van der Waals surface area contributed by atoms with Gasteiger partial charge in [0.15, 0.2) is 12.5 Å². The van der Waals surface area contributed by atoms with Crippen molar-refractivity contribution in [2.24, 2.45) is 0 Å². The summed E-state index contributed by atoms with van der Waals surface area (Å²) in [5.74, 6) is -0.0157. The van der Waals surface area contributed by atoms with Gasteiger partial charge in [0, 0.05) is 41.0 Å². The van der Waals surface area contributed by atoms with Gasteiger partial charge in [-0.25, -0.2) is 4.98 Å². The van der Waals surface area contributed by atoms with Crippen molar-refractivity contribution in [3.63, 3.8) is 0 Å². The molecule has 1 N–H and O–H groups in total. The number of aromatic nitrogens is 2. The third-order valence-corrected chi connectivity index (χ3v) is 6.37. The number of rotatable bonds is 5. The van der Waals surface area contributed by atoms with Crippen LogP contribution in [0.4, 0.5) is 11.4 Å². The maximum atomic E-state index is 12.3. The van der Waals surface area contributed by atoms with Gasteiger partial charge in [-0.15, -0.1) is 0 Å². The highest BCUT2D eigenvalue weighted by molar-refractivity contribution is 5.97. The Kier molecular flexibility index (Phi) is 4.31. The van der Waals surface area contributed by atoms with Crippen LogP contribution in [-0.4, -0.2) is 33.6 Å². The van der Waals surface area contributed by atoms with Crippen molar-refractivity contribution in [3.05, 3.63) is 78.8 Å². The van der Waals surface area contributed by atoms with Crippen molar-refractivity contribution in [2.45, 2.75) is 31.6 Å². The highest BCUT2D eigenvalue weighted by atomic mass is 16.3. The van der Waals surface area contributed by atoms with Crippen LogP contribution in [0.5, 0.6) is 5.88 Å². The fourth-order valence-electron chi connectivity index (χ4n) is 4.79. The Morgan fingerprint density at radius 2 is 1.72 bits per heavy atom. The summed E-state index contributed by atoms with van der Waals surface area (Å²) in [5, 5.41) is 11.8. The molecule has 2 aliphatic rings. The van der Waals surface area contributed by atoms with Gasteiger partial charge >= 0.3 is 0 Å². The number of carbonyl (C=O) groups excluding carboxylic acids is 1. The van der Waals surface area contributed by atoms with Gasteiger partial charge < -0.3 is 14.9 Å². The topological polar surface area (TPSA) is 69.6 Å². The van der Waals surface area contributed by atoms with Crippen LogP contribution in [0.1, 0.15) is 18.5 Å².